The molecule has 21 heavy (non-hydrogen) atoms. The molecule has 0 radical (unpaired) electrons. The van der Waals surface area contributed by atoms with Crippen molar-refractivity contribution in [1.29, 1.82) is 0 Å². The number of rotatable bonds is 3. The Morgan fingerprint density at radius 2 is 1.76 bits per heavy atom. The summed E-state index contributed by atoms with van der Waals surface area (Å²) < 4.78 is 0. The van der Waals surface area contributed by atoms with Crippen LogP contribution in [0.2, 0.25) is 0 Å². The molecule has 112 valence electrons. The lowest BCUT2D eigenvalue weighted by Crippen LogP contribution is -2.49. The Morgan fingerprint density at radius 3 is 2.29 bits per heavy atom. The van der Waals surface area contributed by atoms with Crippen molar-refractivity contribution in [2.75, 3.05) is 31.1 Å². The Bertz CT molecular complexity index is 563. The third kappa shape index (κ3) is 3.36. The predicted octanol–water partition coefficient (Wildman–Crippen LogP) is 0.546. The second-order valence-corrected chi connectivity index (χ2v) is 4.90. The molecule has 1 aromatic heterocycles. The maximum Gasteiger partial charge on any atom is 0.331 e. The monoisotopic (exact) mass is 290 g/mol. The second kappa shape index (κ2) is 6.34. The molecule has 7 heteroatoms. The molecule has 0 atom stereocenters. The van der Waals surface area contributed by atoms with Crippen LogP contribution in [0.3, 0.4) is 0 Å². The molecule has 0 spiro atoms. The number of carbonyl (C=O) groups excluding carboxylic acids is 1. The summed E-state index contributed by atoms with van der Waals surface area (Å²) in [6.45, 7) is 5.40. The van der Waals surface area contributed by atoms with Gasteiger partial charge in [0.2, 0.25) is 5.91 Å². The van der Waals surface area contributed by atoms with Crippen molar-refractivity contribution < 1.29 is 14.7 Å². The van der Waals surface area contributed by atoms with Crippen molar-refractivity contribution in [2.45, 2.75) is 13.8 Å². The van der Waals surface area contributed by atoms with E-state index in [1.165, 1.54) is 6.92 Å². The SMILES string of the molecule is CC(C(=O)O)=C(C)C(=O)N1CCN(c2cnccn2)CC1. The van der Waals surface area contributed by atoms with Crippen LogP contribution in [0.4, 0.5) is 5.82 Å². The predicted molar refractivity (Wildman–Crippen MR) is 76.8 cm³/mol. The van der Waals surface area contributed by atoms with E-state index in [0.29, 0.717) is 26.2 Å². The van der Waals surface area contributed by atoms with Crippen LogP contribution in [-0.2, 0) is 9.59 Å². The highest BCUT2D eigenvalue weighted by molar-refractivity contribution is 6.01. The fourth-order valence-corrected chi connectivity index (χ4v) is 2.15. The summed E-state index contributed by atoms with van der Waals surface area (Å²) >= 11 is 0. The number of nitrogens with zero attached hydrogens (tertiary/aromatic N) is 4. The van der Waals surface area contributed by atoms with E-state index in [0.717, 1.165) is 5.82 Å². The van der Waals surface area contributed by atoms with Gasteiger partial charge in [-0.3, -0.25) is 9.78 Å². The maximum absolute atomic E-state index is 12.2. The fraction of sp³-hybridized carbons (Fsp3) is 0.429. The van der Waals surface area contributed by atoms with Crippen LogP contribution >= 0.6 is 0 Å². The first-order chi connectivity index (χ1) is 10.0. The molecule has 1 aliphatic heterocycles. The first kappa shape index (κ1) is 15.0. The molecule has 1 amide bonds. The van der Waals surface area contributed by atoms with E-state index in [-0.39, 0.29) is 17.1 Å². The van der Waals surface area contributed by atoms with Crippen LogP contribution in [0.15, 0.2) is 29.7 Å². The van der Waals surface area contributed by atoms with Gasteiger partial charge in [-0.15, -0.1) is 0 Å². The Labute approximate surface area is 122 Å². The summed E-state index contributed by atoms with van der Waals surface area (Å²) in [5.41, 5.74) is 0.381. The summed E-state index contributed by atoms with van der Waals surface area (Å²) in [6, 6.07) is 0. The van der Waals surface area contributed by atoms with E-state index >= 15 is 0 Å². The Hall–Kier alpha value is -2.44. The number of hydrogen-bond donors (Lipinski definition) is 1. The average Bonchev–Trinajstić information content (AvgIpc) is 2.53. The van der Waals surface area contributed by atoms with Crippen LogP contribution in [0.1, 0.15) is 13.8 Å². The smallest absolute Gasteiger partial charge is 0.331 e. The minimum atomic E-state index is -1.06. The molecule has 0 unspecified atom stereocenters. The van der Waals surface area contributed by atoms with Gasteiger partial charge >= 0.3 is 5.97 Å². The van der Waals surface area contributed by atoms with Crippen molar-refractivity contribution in [2.24, 2.45) is 0 Å². The van der Waals surface area contributed by atoms with Gasteiger partial charge in [0.05, 0.1) is 6.20 Å². The normalized spacial score (nSPS) is 16.5. The number of aromatic nitrogens is 2. The van der Waals surface area contributed by atoms with E-state index in [1.807, 2.05) is 0 Å². The molecule has 1 N–H and O–H groups in total. The van der Waals surface area contributed by atoms with Gasteiger partial charge in [-0.2, -0.15) is 0 Å². The third-order valence-electron chi connectivity index (χ3n) is 3.64. The summed E-state index contributed by atoms with van der Waals surface area (Å²) in [5.74, 6) is -0.480. The molecule has 1 fully saturated rings. The molecule has 2 heterocycles. The van der Waals surface area contributed by atoms with E-state index < -0.39 is 5.97 Å². The number of hydrogen-bond acceptors (Lipinski definition) is 5. The highest BCUT2D eigenvalue weighted by Crippen LogP contribution is 2.14. The number of carbonyl (C=O) groups is 2. The third-order valence-corrected chi connectivity index (χ3v) is 3.64. The zero-order chi connectivity index (χ0) is 15.4. The second-order valence-electron chi connectivity index (χ2n) is 4.90. The Morgan fingerprint density at radius 1 is 1.10 bits per heavy atom. The van der Waals surface area contributed by atoms with Crippen LogP contribution in [0.5, 0.6) is 0 Å². The van der Waals surface area contributed by atoms with E-state index in [2.05, 4.69) is 14.9 Å². The zero-order valence-electron chi connectivity index (χ0n) is 12.1. The molecule has 1 aromatic rings. The minimum Gasteiger partial charge on any atom is -0.478 e. The van der Waals surface area contributed by atoms with E-state index in [4.69, 9.17) is 5.11 Å². The summed E-state index contributed by atoms with van der Waals surface area (Å²) in [7, 11) is 0. The average molecular weight is 290 g/mol. The van der Waals surface area contributed by atoms with Crippen molar-refractivity contribution in [1.82, 2.24) is 14.9 Å². The molecule has 1 saturated heterocycles. The van der Waals surface area contributed by atoms with Crippen LogP contribution in [-0.4, -0.2) is 58.0 Å². The molecule has 0 bridgehead atoms. The van der Waals surface area contributed by atoms with Crippen LogP contribution < -0.4 is 4.90 Å². The zero-order valence-corrected chi connectivity index (χ0v) is 12.1. The summed E-state index contributed by atoms with van der Waals surface area (Å²) in [5, 5.41) is 8.94. The van der Waals surface area contributed by atoms with Crippen LogP contribution in [0.25, 0.3) is 0 Å². The lowest BCUT2D eigenvalue weighted by Gasteiger charge is -2.35. The lowest BCUT2D eigenvalue weighted by atomic mass is 10.1. The lowest BCUT2D eigenvalue weighted by molar-refractivity contribution is -0.134. The van der Waals surface area contributed by atoms with E-state index in [1.54, 1.807) is 30.4 Å². The maximum atomic E-state index is 12.2. The van der Waals surface area contributed by atoms with Crippen molar-refractivity contribution in [3.8, 4) is 0 Å². The van der Waals surface area contributed by atoms with Crippen molar-refractivity contribution in [3.05, 3.63) is 29.7 Å². The first-order valence-electron chi connectivity index (χ1n) is 6.71. The van der Waals surface area contributed by atoms with Gasteiger partial charge in [0.25, 0.3) is 0 Å². The van der Waals surface area contributed by atoms with Gasteiger partial charge < -0.3 is 14.9 Å². The van der Waals surface area contributed by atoms with Gasteiger partial charge in [-0.25, -0.2) is 9.78 Å². The van der Waals surface area contributed by atoms with Crippen molar-refractivity contribution in [3.63, 3.8) is 0 Å². The van der Waals surface area contributed by atoms with Gasteiger partial charge in [0.15, 0.2) is 0 Å². The highest BCUT2D eigenvalue weighted by Gasteiger charge is 2.24. The number of carboxylic acid groups (broad SMARTS) is 1. The molecular formula is C14H18N4O3. The number of piperazine rings is 1. The largest absolute Gasteiger partial charge is 0.478 e. The fourth-order valence-electron chi connectivity index (χ4n) is 2.15. The number of amides is 1. The molecule has 7 nitrogen and oxygen atoms in total. The molecular weight excluding hydrogens is 272 g/mol. The molecule has 0 saturated carbocycles. The molecule has 0 aromatic carbocycles. The van der Waals surface area contributed by atoms with Crippen molar-refractivity contribution >= 4 is 17.7 Å². The summed E-state index contributed by atoms with van der Waals surface area (Å²) in [6.07, 6.45) is 4.94. The topological polar surface area (TPSA) is 86.6 Å². The van der Waals surface area contributed by atoms with Gasteiger partial charge in [-0.05, 0) is 13.8 Å². The number of carboxylic acids is 1. The van der Waals surface area contributed by atoms with Gasteiger partial charge in [0.1, 0.15) is 5.82 Å². The summed E-state index contributed by atoms with van der Waals surface area (Å²) in [4.78, 5) is 35.1. The number of anilines is 1. The van der Waals surface area contributed by atoms with Gasteiger partial charge in [-0.1, -0.05) is 0 Å². The van der Waals surface area contributed by atoms with E-state index in [9.17, 15) is 9.59 Å². The Kier molecular flexibility index (Phi) is 4.52. The van der Waals surface area contributed by atoms with Gasteiger partial charge in [0, 0.05) is 49.7 Å². The first-order valence-corrected chi connectivity index (χ1v) is 6.71. The Balaban J connectivity index is 2.00. The highest BCUT2D eigenvalue weighted by atomic mass is 16.4. The molecule has 1 aliphatic rings. The minimum absolute atomic E-state index is 0.0938. The number of aliphatic carboxylic acids is 1. The molecule has 2 rings (SSSR count). The van der Waals surface area contributed by atoms with Crippen LogP contribution in [0, 0.1) is 0 Å². The molecule has 0 aliphatic carbocycles. The quantitative estimate of drug-likeness (QED) is 0.818. The standard InChI is InChI=1S/C14H18N4O3/c1-10(11(2)14(20)21)13(19)18-7-5-17(6-8-18)12-9-15-3-4-16-12/h3-4,9H,5-8H2,1-2H3,(H,20,21).